The van der Waals surface area contributed by atoms with Crippen LogP contribution in [0.1, 0.15) is 102 Å². The van der Waals surface area contributed by atoms with Gasteiger partial charge in [-0.15, -0.1) is 46.1 Å². The molecule has 0 saturated heterocycles. The zero-order valence-corrected chi connectivity index (χ0v) is 83.8. The number of phenolic OH excluding ortho intramolecular Hbond substituents is 2. The van der Waals surface area contributed by atoms with Gasteiger partial charge in [0, 0.05) is 130 Å². The second-order valence-electron chi connectivity index (χ2n) is 31.3. The van der Waals surface area contributed by atoms with Crippen molar-refractivity contribution in [1.82, 2.24) is 0 Å². The van der Waals surface area contributed by atoms with Crippen LogP contribution in [0.3, 0.4) is 0 Å². The fourth-order valence-electron chi connectivity index (χ4n) is 15.6. The van der Waals surface area contributed by atoms with Gasteiger partial charge in [0.2, 0.25) is 17.3 Å². The molecule has 3 aliphatic heterocycles. The molecule has 0 saturated carbocycles. The van der Waals surface area contributed by atoms with Gasteiger partial charge in [0.15, 0.2) is 110 Å². The number of furan rings is 5. The van der Waals surface area contributed by atoms with Crippen LogP contribution in [0.4, 0.5) is 0 Å². The maximum atomic E-state index is 12.4. The van der Waals surface area contributed by atoms with E-state index < -0.39 is 53.3 Å². The van der Waals surface area contributed by atoms with Gasteiger partial charge in [-0.1, -0.05) is 121 Å². The van der Waals surface area contributed by atoms with Crippen LogP contribution in [-0.4, -0.2) is 196 Å². The van der Waals surface area contributed by atoms with Crippen LogP contribution in [0.15, 0.2) is 256 Å². The molecule has 3 aliphatic rings. The molecular weight excluding hydrogens is 1910 g/mol. The molecule has 4 N–H and O–H groups in total. The van der Waals surface area contributed by atoms with Gasteiger partial charge in [-0.3, -0.25) is 24.0 Å². The number of aliphatic hydroxyl groups excluding tert-OH is 2. The number of para-hydroxylation sites is 8. The molecule has 8 heterocycles. The third-order valence-electron chi connectivity index (χ3n) is 22.5. The largest absolute Gasteiger partial charge is 0.504 e. The van der Waals surface area contributed by atoms with E-state index in [4.69, 9.17) is 83.8 Å². The van der Waals surface area contributed by atoms with Crippen LogP contribution >= 0.6 is 9.47 Å². The van der Waals surface area contributed by atoms with Gasteiger partial charge in [0.05, 0.1) is 107 Å². The Kier molecular flexibility index (Phi) is 43.3. The summed E-state index contributed by atoms with van der Waals surface area (Å²) in [5.74, 6) is 4.29. The van der Waals surface area contributed by atoms with Gasteiger partial charge in [0.25, 0.3) is 11.7 Å². The number of aliphatic hydroxyl groups is 2. The van der Waals surface area contributed by atoms with Crippen molar-refractivity contribution in [1.29, 1.82) is 0 Å². The maximum Gasteiger partial charge on any atom is 0.358 e. The third kappa shape index (κ3) is 27.1. The number of hydrogen-bond donors (Lipinski definition) is 4. The second-order valence-corrected chi connectivity index (χ2v) is 31.7. The van der Waals surface area contributed by atoms with Crippen LogP contribution in [0.2, 0.25) is 0 Å². The molecule has 16 rings (SSSR count). The minimum absolute atomic E-state index is 0. The van der Waals surface area contributed by atoms with E-state index in [0.29, 0.717) is 154 Å². The number of benzene rings is 8. The zero-order chi connectivity index (χ0) is 106. The number of Topliss-reactive ketones (excluding diaryl/α,β-unsaturated/α-hetero) is 3. The van der Waals surface area contributed by atoms with E-state index >= 15 is 0 Å². The molecule has 772 valence electrons. The van der Waals surface area contributed by atoms with E-state index in [1.54, 1.807) is 142 Å². The van der Waals surface area contributed by atoms with Gasteiger partial charge in [-0.25, -0.2) is 19.2 Å². The number of carbonyl (C=O) groups is 9. The molecule has 0 radical (unpaired) electrons. The number of allylic oxidation sites excluding steroid dienone is 5. The fourth-order valence-corrected chi connectivity index (χ4v) is 15.7. The Morgan fingerprint density at radius 3 is 1.12 bits per heavy atom. The highest BCUT2D eigenvalue weighted by Gasteiger charge is 2.55. The topological polar surface area (TPSA) is 448 Å². The predicted molar refractivity (Wildman–Crippen MR) is 548 cm³/mol. The number of hydrogen-bond acceptors (Lipinski definition) is 34. The Morgan fingerprint density at radius 2 is 0.733 bits per heavy atom. The minimum Gasteiger partial charge on any atom is -0.504 e. The number of phenols is 2. The first-order valence-electron chi connectivity index (χ1n) is 45.4. The maximum absolute atomic E-state index is 12.4. The second kappa shape index (κ2) is 55.8. The van der Waals surface area contributed by atoms with Crippen molar-refractivity contribution in [2.45, 2.75) is 94.9 Å². The smallest absolute Gasteiger partial charge is 0.358 e. The first-order valence-corrected chi connectivity index (χ1v) is 45.8. The predicted octanol–water partition coefficient (Wildman–Crippen LogP) is 18.2. The lowest BCUT2D eigenvalue weighted by Gasteiger charge is -2.22. The van der Waals surface area contributed by atoms with Crippen LogP contribution in [0.5, 0.6) is 63.2 Å². The normalized spacial score (nSPS) is 13.4. The van der Waals surface area contributed by atoms with Gasteiger partial charge in [-0.2, -0.15) is 0 Å². The summed E-state index contributed by atoms with van der Waals surface area (Å²) < 4.78 is 109. The Hall–Kier alpha value is -16.4. The fraction of sp³-hybridized carbons (Fsp3) is 0.270. The molecule has 35 heteroatoms. The molecule has 4 atom stereocenters. The number of ketones is 3. The highest BCUT2D eigenvalue weighted by molar-refractivity contribution is 7.09. The van der Waals surface area contributed by atoms with E-state index in [2.05, 4.69) is 74.5 Å². The van der Waals surface area contributed by atoms with Crippen molar-refractivity contribution in [2.24, 2.45) is 0 Å². The summed E-state index contributed by atoms with van der Waals surface area (Å²) in [5.41, 5.74) is 6.84. The molecule has 0 amide bonds. The molecule has 0 bridgehead atoms. The zero-order valence-electron chi connectivity index (χ0n) is 82.6. The minimum atomic E-state index is -1.69. The van der Waals surface area contributed by atoms with E-state index in [-0.39, 0.29) is 82.1 Å². The highest BCUT2D eigenvalue weighted by Crippen LogP contribution is 2.46. The molecule has 4 unspecified atom stereocenters. The summed E-state index contributed by atoms with van der Waals surface area (Å²) >= 11 is 0. The SMILES string of the molecule is C=CCC1(C(=O)OC)Oc2c(OC)cccc2C1=O.C=CCC1Oc2c(OC)cccc2C1=O.C=CCc1oc2c(O)cccc2c1CC(=O)OC.C=CCc1oc2c(O)cccc2c1CCO.C=CCc1oc2c(OC)cccc2c1CC(=O)OC.C=CCc1oc2c(OCC(=O)OC)cccc2c1CCO.C=CCc1oc2c(OCC(=O)OC)cccc2c1CCOP.COC(=O)C1Oc2c(OC)cccc2C1=O.[3HH]. The number of rotatable bonds is 37. The van der Waals surface area contributed by atoms with Crippen molar-refractivity contribution in [2.75, 3.05) is 104 Å². The first-order chi connectivity index (χ1) is 70.6. The van der Waals surface area contributed by atoms with Gasteiger partial charge >= 0.3 is 35.8 Å². The van der Waals surface area contributed by atoms with E-state index in [1.165, 1.54) is 63.0 Å². The average Bonchev–Trinajstić information content (AvgIpc) is 1.59. The van der Waals surface area contributed by atoms with Crippen LogP contribution in [-0.2, 0) is 126 Å². The number of aromatic hydroxyl groups is 2. The van der Waals surface area contributed by atoms with Gasteiger partial charge in [-0.05, 0) is 79.6 Å². The van der Waals surface area contributed by atoms with Crippen molar-refractivity contribution in [3.8, 4) is 63.2 Å². The summed E-state index contributed by atoms with van der Waals surface area (Å²) in [6.45, 7) is 26.0. The summed E-state index contributed by atoms with van der Waals surface area (Å²) in [4.78, 5) is 105. The quantitative estimate of drug-likeness (QED) is 0.00923. The summed E-state index contributed by atoms with van der Waals surface area (Å²) in [7, 11) is 16.1. The molecule has 146 heavy (non-hydrogen) atoms. The Morgan fingerprint density at radius 1 is 0.384 bits per heavy atom. The van der Waals surface area contributed by atoms with Crippen LogP contribution < -0.4 is 42.6 Å². The van der Waals surface area contributed by atoms with Gasteiger partial charge < -0.3 is 118 Å². The lowest BCUT2D eigenvalue weighted by atomic mass is 9.92. The standard InChI is InChI=1S/C16H19O5P.C16H18O5.C15H16O4.C14H14O5.C14H14O4.C13H14O3.C12H12O3.C11H10O5.H2/c1-3-5-13-11(8-9-20-22)12-6-4-7-14(16(12)21-13)19-10-15(17)18-2;1-3-5-13-11(8-9-17)12-6-4-7-14(16(12)21-13)20-10-15(18)19-2;1-4-6-12-11(9-14(16)18-3)10-7-5-8-13(17-2)15(10)19-12;1-4-8-14(13(16)18-3)12(15)9-6-5-7-10(17-2)11(9)19-14;1-3-5-12-10(8-13(16)17-2)9-6-4-7-11(15)14(9)18-12;1-2-4-12-9(7-8-14)10-5-3-6-11(15)13(10)16-12;1-3-5-9-11(13)8-6-4-7-10(14-2)12(8)15-9;1-14-7-5-3-4-6-8(12)10(11(13)15-2)16-9(6)7;/h3-4,6-7H,1,5,8-10,22H2,2H3;3-4,6-7,17H,1,5,8-10H2,2H3;4-5,7-8H,1,6,9H2,2-3H3;4-7H,1,8H2,2-3H3;3-4,6-7,15H,1,5,8H2,2H3;2-3,5-6,14-15H,1,4,7-8H2;3-4,6-7,9H,1,5H2,2H3;3-5,10H,1-2H3;1H/i;;;;;;;;1+2. The molecule has 5 aromatic heterocycles. The lowest BCUT2D eigenvalue weighted by Crippen LogP contribution is -2.48. The van der Waals surface area contributed by atoms with Gasteiger partial charge in [0.1, 0.15) is 28.8 Å². The lowest BCUT2D eigenvalue weighted by molar-refractivity contribution is -0.153. The Balaban J connectivity index is 0.000000205. The van der Waals surface area contributed by atoms with Crippen molar-refractivity contribution in [3.63, 3.8) is 0 Å². The third-order valence-corrected chi connectivity index (χ3v) is 22.7. The van der Waals surface area contributed by atoms with E-state index in [1.807, 2.05) is 54.6 Å². The Bertz CT molecular complexity index is 6860. The van der Waals surface area contributed by atoms with Crippen molar-refractivity contribution in [3.05, 3.63) is 307 Å². The molecule has 34 nitrogen and oxygen atoms in total. The molecule has 0 spiro atoms. The number of carbonyl (C=O) groups excluding carboxylic acids is 9. The molecule has 13 aromatic rings. The molecule has 8 aromatic carbocycles. The van der Waals surface area contributed by atoms with E-state index in [9.17, 15) is 58.5 Å². The monoisotopic (exact) mass is 2030 g/mol. The number of fused-ring (bicyclic) bond motifs is 8. The molecular formula is C111H119O34P. The van der Waals surface area contributed by atoms with E-state index in [0.717, 1.165) is 84.2 Å². The number of esters is 6. The summed E-state index contributed by atoms with van der Waals surface area (Å²) in [6.07, 6.45) is 15.7. The average molecular weight is 2030 g/mol. The summed E-state index contributed by atoms with van der Waals surface area (Å²) in [6, 6.07) is 42.1. The van der Waals surface area contributed by atoms with Crippen molar-refractivity contribution < 1.29 is 163 Å². The number of methoxy groups -OCH3 is 10. The first kappa shape index (κ1) is 113. The highest BCUT2D eigenvalue weighted by atomic mass is 31.0. The summed E-state index contributed by atoms with van der Waals surface area (Å²) in [5, 5.41) is 41.9. The Labute approximate surface area is 845 Å². The molecule has 0 fully saturated rings. The van der Waals surface area contributed by atoms with Crippen LogP contribution in [0.25, 0.3) is 54.8 Å². The van der Waals surface area contributed by atoms with Crippen LogP contribution in [0, 0.1) is 0 Å². The number of ether oxygens (including phenoxy) is 15. The van der Waals surface area contributed by atoms with Crippen molar-refractivity contribution >= 4 is 117 Å². The molecule has 0 aliphatic carbocycles.